The molecule has 0 radical (unpaired) electrons. The van der Waals surface area contributed by atoms with Crippen molar-refractivity contribution in [1.29, 1.82) is 0 Å². The molecule has 116 valence electrons. The molecule has 5 nitrogen and oxygen atoms in total. The summed E-state index contributed by atoms with van der Waals surface area (Å²) < 4.78 is 5.35. The molecule has 1 fully saturated rings. The van der Waals surface area contributed by atoms with E-state index in [2.05, 4.69) is 5.32 Å². The molecule has 2 amide bonds. The number of ether oxygens (including phenoxy) is 1. The van der Waals surface area contributed by atoms with Gasteiger partial charge in [-0.25, -0.2) is 4.79 Å². The molecule has 2 heterocycles. The highest BCUT2D eigenvalue weighted by Crippen LogP contribution is 2.16. The number of carbonyl (C=O) groups excluding carboxylic acids is 2. The first-order valence-electron chi connectivity index (χ1n) is 7.17. The Balaban J connectivity index is 1.78. The van der Waals surface area contributed by atoms with Gasteiger partial charge in [0.15, 0.2) is 0 Å². The highest BCUT2D eigenvalue weighted by Gasteiger charge is 2.27. The maximum absolute atomic E-state index is 12.0. The van der Waals surface area contributed by atoms with Gasteiger partial charge in [0.05, 0.1) is 4.88 Å². The largest absolute Gasteiger partial charge is 0.444 e. The number of nitrogens with one attached hydrogen (secondary N) is 1. The topological polar surface area (TPSA) is 58.6 Å². The Morgan fingerprint density at radius 3 is 2.52 bits per heavy atom. The van der Waals surface area contributed by atoms with Crippen LogP contribution in [0.25, 0.3) is 0 Å². The summed E-state index contributed by atoms with van der Waals surface area (Å²) in [6.07, 6.45) is 1.25. The minimum atomic E-state index is -0.471. The van der Waals surface area contributed by atoms with Crippen LogP contribution in [-0.2, 0) is 4.74 Å². The summed E-state index contributed by atoms with van der Waals surface area (Å²) in [4.78, 5) is 26.4. The molecule has 1 aliphatic rings. The van der Waals surface area contributed by atoms with Gasteiger partial charge in [-0.2, -0.15) is 0 Å². The van der Waals surface area contributed by atoms with Gasteiger partial charge in [-0.1, -0.05) is 6.07 Å². The molecule has 1 aromatic rings. The van der Waals surface area contributed by atoms with Crippen LogP contribution < -0.4 is 5.32 Å². The van der Waals surface area contributed by atoms with Gasteiger partial charge in [-0.05, 0) is 45.1 Å². The molecule has 6 heteroatoms. The lowest BCUT2D eigenvalue weighted by molar-refractivity contribution is 0.0200. The third-order valence-electron chi connectivity index (χ3n) is 3.23. The zero-order valence-electron chi connectivity index (χ0n) is 12.7. The van der Waals surface area contributed by atoms with Gasteiger partial charge < -0.3 is 15.0 Å². The lowest BCUT2D eigenvalue weighted by Crippen LogP contribution is -2.47. The van der Waals surface area contributed by atoms with Gasteiger partial charge in [0.1, 0.15) is 5.60 Å². The summed E-state index contributed by atoms with van der Waals surface area (Å²) >= 11 is 1.43. The van der Waals surface area contributed by atoms with Crippen LogP contribution in [0.3, 0.4) is 0 Å². The van der Waals surface area contributed by atoms with E-state index in [1.165, 1.54) is 11.3 Å². The normalized spacial score (nSPS) is 16.6. The van der Waals surface area contributed by atoms with E-state index in [-0.39, 0.29) is 18.0 Å². The molecule has 1 N–H and O–H groups in total. The fourth-order valence-electron chi connectivity index (χ4n) is 2.20. The van der Waals surface area contributed by atoms with Crippen molar-refractivity contribution in [3.63, 3.8) is 0 Å². The SMILES string of the molecule is CC(C)(C)OC(=O)N1CCC(NC(=O)c2cccs2)CC1. The van der Waals surface area contributed by atoms with Crippen molar-refractivity contribution in [3.8, 4) is 0 Å². The van der Waals surface area contributed by atoms with E-state index in [1.54, 1.807) is 4.90 Å². The Hall–Kier alpha value is -1.56. The summed E-state index contributed by atoms with van der Waals surface area (Å²) in [5.41, 5.74) is -0.471. The zero-order chi connectivity index (χ0) is 15.5. The first-order valence-corrected chi connectivity index (χ1v) is 8.05. The van der Waals surface area contributed by atoms with Crippen LogP contribution in [0.1, 0.15) is 43.3 Å². The van der Waals surface area contributed by atoms with Crippen LogP contribution in [0, 0.1) is 0 Å². The van der Waals surface area contributed by atoms with E-state index >= 15 is 0 Å². The third-order valence-corrected chi connectivity index (χ3v) is 4.10. The third kappa shape index (κ3) is 4.74. The van der Waals surface area contributed by atoms with Crippen LogP contribution >= 0.6 is 11.3 Å². The average Bonchev–Trinajstić information content (AvgIpc) is 2.91. The quantitative estimate of drug-likeness (QED) is 0.914. The highest BCUT2D eigenvalue weighted by molar-refractivity contribution is 7.12. The lowest BCUT2D eigenvalue weighted by atomic mass is 10.1. The summed E-state index contributed by atoms with van der Waals surface area (Å²) in [5, 5.41) is 4.91. The first-order chi connectivity index (χ1) is 9.85. The fourth-order valence-corrected chi connectivity index (χ4v) is 2.82. The Kier molecular flexibility index (Phi) is 4.88. The standard InChI is InChI=1S/C15H22N2O3S/c1-15(2,3)20-14(19)17-8-6-11(7-9-17)16-13(18)12-5-4-10-21-12/h4-5,10-11H,6-9H2,1-3H3,(H,16,18). The average molecular weight is 310 g/mol. The van der Waals surface area contributed by atoms with Crippen molar-refractivity contribution >= 4 is 23.3 Å². The number of piperidine rings is 1. The number of nitrogens with zero attached hydrogens (tertiary/aromatic N) is 1. The smallest absolute Gasteiger partial charge is 0.410 e. The minimum Gasteiger partial charge on any atom is -0.444 e. The summed E-state index contributed by atoms with van der Waals surface area (Å²) in [7, 11) is 0. The van der Waals surface area contributed by atoms with Gasteiger partial charge >= 0.3 is 6.09 Å². The van der Waals surface area contributed by atoms with Crippen molar-refractivity contribution in [2.75, 3.05) is 13.1 Å². The molecule has 1 aromatic heterocycles. The summed E-state index contributed by atoms with van der Waals surface area (Å²) in [6, 6.07) is 3.80. The summed E-state index contributed by atoms with van der Waals surface area (Å²) in [6.45, 7) is 6.81. The molecule has 21 heavy (non-hydrogen) atoms. The van der Waals surface area contributed by atoms with Gasteiger partial charge in [0, 0.05) is 19.1 Å². The van der Waals surface area contributed by atoms with E-state index in [4.69, 9.17) is 4.74 Å². The Labute approximate surface area is 129 Å². The molecule has 2 rings (SSSR count). The summed E-state index contributed by atoms with van der Waals surface area (Å²) in [5.74, 6) is -0.0271. The molecule has 1 aliphatic heterocycles. The van der Waals surface area contributed by atoms with Gasteiger partial charge in [0.25, 0.3) is 5.91 Å². The Morgan fingerprint density at radius 2 is 2.00 bits per heavy atom. The van der Waals surface area contributed by atoms with Crippen molar-refractivity contribution in [2.45, 2.75) is 45.3 Å². The van der Waals surface area contributed by atoms with Crippen LogP contribution in [0.15, 0.2) is 17.5 Å². The van der Waals surface area contributed by atoms with E-state index < -0.39 is 5.60 Å². The molecular formula is C15H22N2O3S. The second kappa shape index (κ2) is 6.47. The number of amides is 2. The molecule has 0 aromatic carbocycles. The van der Waals surface area contributed by atoms with Crippen LogP contribution in [0.4, 0.5) is 4.79 Å². The molecule has 1 saturated heterocycles. The zero-order valence-corrected chi connectivity index (χ0v) is 13.5. The number of carbonyl (C=O) groups is 2. The molecule has 0 saturated carbocycles. The van der Waals surface area contributed by atoms with E-state index in [0.29, 0.717) is 13.1 Å². The van der Waals surface area contributed by atoms with Crippen LogP contribution in [-0.4, -0.2) is 41.6 Å². The van der Waals surface area contributed by atoms with E-state index in [9.17, 15) is 9.59 Å². The van der Waals surface area contributed by atoms with Crippen LogP contribution in [0.5, 0.6) is 0 Å². The highest BCUT2D eigenvalue weighted by atomic mass is 32.1. The minimum absolute atomic E-state index is 0.0271. The molecule has 0 unspecified atom stereocenters. The molecule has 0 bridgehead atoms. The Morgan fingerprint density at radius 1 is 1.33 bits per heavy atom. The van der Waals surface area contributed by atoms with E-state index in [1.807, 2.05) is 38.3 Å². The second-order valence-electron chi connectivity index (χ2n) is 6.19. The maximum atomic E-state index is 12.0. The van der Waals surface area contributed by atoms with Crippen LogP contribution in [0.2, 0.25) is 0 Å². The number of rotatable bonds is 2. The molecule has 0 aliphatic carbocycles. The first kappa shape index (κ1) is 15.8. The molecule has 0 spiro atoms. The number of hydrogen-bond donors (Lipinski definition) is 1. The monoisotopic (exact) mass is 310 g/mol. The van der Waals surface area contributed by atoms with Crippen molar-refractivity contribution < 1.29 is 14.3 Å². The molecular weight excluding hydrogens is 288 g/mol. The van der Waals surface area contributed by atoms with Crippen molar-refractivity contribution in [2.24, 2.45) is 0 Å². The van der Waals surface area contributed by atoms with Gasteiger partial charge in [-0.3, -0.25) is 4.79 Å². The fraction of sp³-hybridized carbons (Fsp3) is 0.600. The second-order valence-corrected chi connectivity index (χ2v) is 7.14. The predicted molar refractivity (Wildman–Crippen MR) is 82.6 cm³/mol. The van der Waals surface area contributed by atoms with Gasteiger partial charge in [0.2, 0.25) is 0 Å². The molecule has 0 atom stereocenters. The van der Waals surface area contributed by atoms with E-state index in [0.717, 1.165) is 17.7 Å². The number of likely N-dealkylation sites (tertiary alicyclic amines) is 1. The Bertz CT molecular complexity index is 486. The number of hydrogen-bond acceptors (Lipinski definition) is 4. The van der Waals surface area contributed by atoms with Crippen molar-refractivity contribution in [1.82, 2.24) is 10.2 Å². The van der Waals surface area contributed by atoms with Crippen molar-refractivity contribution in [3.05, 3.63) is 22.4 Å². The number of thiophene rings is 1. The predicted octanol–water partition coefficient (Wildman–Crippen LogP) is 2.88. The van der Waals surface area contributed by atoms with Gasteiger partial charge in [-0.15, -0.1) is 11.3 Å². The lowest BCUT2D eigenvalue weighted by Gasteiger charge is -2.33. The maximum Gasteiger partial charge on any atom is 0.410 e.